The van der Waals surface area contributed by atoms with E-state index >= 15 is 0 Å². The van der Waals surface area contributed by atoms with Gasteiger partial charge in [-0.1, -0.05) is 29.3 Å². The van der Waals surface area contributed by atoms with Gasteiger partial charge >= 0.3 is 12.6 Å². The van der Waals surface area contributed by atoms with Crippen LogP contribution in [0.4, 0.5) is 14.5 Å². The number of anilines is 1. The molecule has 0 radical (unpaired) electrons. The first-order chi connectivity index (χ1) is 23.4. The quantitative estimate of drug-likeness (QED) is 0.118. The molecule has 12 nitrogen and oxygen atoms in total. The molecule has 1 atom stereocenters. The molecule has 0 amide bonds. The molecule has 1 saturated carbocycles. The molecule has 266 valence electrons. The number of halogens is 4. The second-order valence-corrected chi connectivity index (χ2v) is 14.2. The molecule has 2 heterocycles. The molecule has 2 aromatic carbocycles. The third-order valence-electron chi connectivity index (χ3n) is 7.90. The molecule has 1 N–H and O–H groups in total. The number of methoxy groups -OCH3 is 1. The lowest BCUT2D eigenvalue weighted by molar-refractivity contribution is -0.605. The van der Waals surface area contributed by atoms with Gasteiger partial charge in [0.05, 0.1) is 43.9 Å². The first-order valence-electron chi connectivity index (χ1n) is 15.4. The monoisotopic (exact) mass is 745 g/mol. The Bertz CT molecular complexity index is 1720. The van der Waals surface area contributed by atoms with Crippen LogP contribution in [0.5, 0.6) is 17.2 Å². The first-order valence-corrected chi connectivity index (χ1v) is 17.8. The molecule has 2 fully saturated rings. The highest BCUT2D eigenvalue weighted by Crippen LogP contribution is 2.38. The van der Waals surface area contributed by atoms with Crippen LogP contribution in [0.2, 0.25) is 10.0 Å². The molecule has 17 heteroatoms. The van der Waals surface area contributed by atoms with Gasteiger partial charge in [-0.25, -0.2) is 13.2 Å². The van der Waals surface area contributed by atoms with E-state index < -0.39 is 28.7 Å². The Morgan fingerprint density at radius 3 is 2.43 bits per heavy atom. The number of esters is 1. The second-order valence-electron chi connectivity index (χ2n) is 11.5. The van der Waals surface area contributed by atoms with Gasteiger partial charge in [-0.15, -0.1) is 0 Å². The molecule has 1 aliphatic heterocycles. The zero-order valence-electron chi connectivity index (χ0n) is 26.4. The molecule has 5 rings (SSSR count). The van der Waals surface area contributed by atoms with Crippen molar-refractivity contribution in [3.63, 3.8) is 0 Å². The molecule has 49 heavy (non-hydrogen) atoms. The number of carbonyl (C=O) groups is 1. The Balaban J connectivity index is 1.42. The minimum Gasteiger partial charge on any atom is -0.619 e. The summed E-state index contributed by atoms with van der Waals surface area (Å²) in [5.74, 6) is -0.787. The van der Waals surface area contributed by atoms with Gasteiger partial charge in [0.1, 0.15) is 21.9 Å². The number of morpholine rings is 1. The van der Waals surface area contributed by atoms with Gasteiger partial charge in [0, 0.05) is 31.6 Å². The second kappa shape index (κ2) is 16.4. The van der Waals surface area contributed by atoms with Crippen LogP contribution in [0.1, 0.15) is 40.4 Å². The number of nitrogens with one attached hydrogen (secondary N) is 1. The van der Waals surface area contributed by atoms with E-state index in [1.165, 1.54) is 43.5 Å². The summed E-state index contributed by atoms with van der Waals surface area (Å²) in [6, 6.07) is 8.25. The van der Waals surface area contributed by atoms with E-state index in [-0.39, 0.29) is 69.4 Å². The maximum absolute atomic E-state index is 13.7. The molecular weight excluding hydrogens is 711 g/mol. The molecule has 0 unspecified atom stereocenters. The molecular formula is C32H35Cl2F2N3O9S. The molecule has 1 saturated heterocycles. The zero-order valence-corrected chi connectivity index (χ0v) is 28.7. The zero-order chi connectivity index (χ0) is 35.1. The van der Waals surface area contributed by atoms with E-state index in [0.717, 1.165) is 25.2 Å². The van der Waals surface area contributed by atoms with Crippen molar-refractivity contribution in [1.82, 2.24) is 4.90 Å². The minimum absolute atomic E-state index is 0.00429. The van der Waals surface area contributed by atoms with Gasteiger partial charge in [-0.05, 0) is 54.7 Å². The average molecular weight is 747 g/mol. The van der Waals surface area contributed by atoms with Crippen LogP contribution in [0, 0.1) is 11.1 Å². The number of carbonyl (C=O) groups excluding carboxylic acids is 1. The molecule has 0 spiro atoms. The van der Waals surface area contributed by atoms with E-state index in [0.29, 0.717) is 42.5 Å². The van der Waals surface area contributed by atoms with Crippen molar-refractivity contribution >= 4 is 44.9 Å². The lowest BCUT2D eigenvalue weighted by Gasteiger charge is -2.26. The van der Waals surface area contributed by atoms with Crippen LogP contribution in [-0.2, 0) is 25.9 Å². The van der Waals surface area contributed by atoms with Crippen LogP contribution < -0.4 is 23.7 Å². The highest BCUT2D eigenvalue weighted by molar-refractivity contribution is 7.92. The Hall–Kier alpha value is -3.63. The fourth-order valence-corrected chi connectivity index (χ4v) is 6.76. The van der Waals surface area contributed by atoms with E-state index in [1.54, 1.807) is 0 Å². The average Bonchev–Trinajstić information content (AvgIpc) is 3.89. The van der Waals surface area contributed by atoms with Crippen LogP contribution in [0.25, 0.3) is 0 Å². The van der Waals surface area contributed by atoms with Gasteiger partial charge < -0.3 is 28.9 Å². The third kappa shape index (κ3) is 10.4. The molecule has 0 bridgehead atoms. The summed E-state index contributed by atoms with van der Waals surface area (Å²) >= 11 is 12.7. The number of rotatable bonds is 16. The Morgan fingerprint density at radius 1 is 1.08 bits per heavy atom. The SMILES string of the molecule is COc1ccc(C(=O)O[C@@H](Cc2c(Cl)c[n+]([O-])cc2Cl)c2ccc(OC(F)F)c(OCC3CC3)c2)cc1NS(=O)(=O)CCN1CCOCC1. The van der Waals surface area contributed by atoms with Crippen molar-refractivity contribution in [2.24, 2.45) is 5.92 Å². The number of aromatic nitrogens is 1. The molecule has 3 aromatic rings. The third-order valence-corrected chi connectivity index (χ3v) is 9.81. The maximum Gasteiger partial charge on any atom is 0.387 e. The number of hydrogen-bond donors (Lipinski definition) is 1. The van der Waals surface area contributed by atoms with E-state index in [1.807, 2.05) is 4.90 Å². The topological polar surface area (TPSA) is 140 Å². The lowest BCUT2D eigenvalue weighted by Crippen LogP contribution is -2.39. The highest BCUT2D eigenvalue weighted by Gasteiger charge is 2.27. The van der Waals surface area contributed by atoms with E-state index in [9.17, 15) is 27.2 Å². The normalized spacial score (nSPS) is 15.9. The Kier molecular flexibility index (Phi) is 12.3. The van der Waals surface area contributed by atoms with Crippen molar-refractivity contribution in [3.05, 3.63) is 80.7 Å². The summed E-state index contributed by atoms with van der Waals surface area (Å²) < 4.78 is 82.4. The van der Waals surface area contributed by atoms with Crippen molar-refractivity contribution in [3.8, 4) is 17.2 Å². The minimum atomic E-state index is -3.85. The summed E-state index contributed by atoms with van der Waals surface area (Å²) in [6.45, 7) is -0.253. The summed E-state index contributed by atoms with van der Waals surface area (Å²) in [5, 5.41) is 11.9. The lowest BCUT2D eigenvalue weighted by atomic mass is 10.0. The van der Waals surface area contributed by atoms with Crippen molar-refractivity contribution in [2.75, 3.05) is 57.0 Å². The smallest absolute Gasteiger partial charge is 0.387 e. The molecule has 2 aliphatic rings. The predicted octanol–water partition coefficient (Wildman–Crippen LogP) is 5.24. The van der Waals surface area contributed by atoms with Crippen LogP contribution in [0.3, 0.4) is 0 Å². The number of pyridine rings is 1. The van der Waals surface area contributed by atoms with Crippen LogP contribution >= 0.6 is 23.2 Å². The van der Waals surface area contributed by atoms with Gasteiger partial charge in [0.15, 0.2) is 23.9 Å². The van der Waals surface area contributed by atoms with Crippen molar-refractivity contribution in [1.29, 1.82) is 0 Å². The predicted molar refractivity (Wildman–Crippen MR) is 176 cm³/mol. The van der Waals surface area contributed by atoms with Gasteiger partial charge in [0.25, 0.3) is 0 Å². The molecule has 1 aromatic heterocycles. The standard InChI is InChI=1S/C32H35Cl2F2N3O9S/c1-44-27-6-5-22(14-26(27)37-49(42,43)13-10-38-8-11-45-12-9-38)31(40)47-29(16-23-24(33)17-39(41)18-25(23)34)21-4-7-28(48-32(35)36)30(15-21)46-19-20-2-3-20/h4-7,14-15,17-18,20,29,32,37H,2-3,8-13,16,19H2,1H3/t29-/m0/s1. The van der Waals surface area contributed by atoms with E-state index in [4.69, 9.17) is 42.1 Å². The largest absolute Gasteiger partial charge is 0.619 e. The number of hydrogen-bond acceptors (Lipinski definition) is 10. The van der Waals surface area contributed by atoms with Gasteiger partial charge in [-0.3, -0.25) is 9.62 Å². The fraction of sp³-hybridized carbons (Fsp3) is 0.438. The van der Waals surface area contributed by atoms with Crippen molar-refractivity contribution < 1.29 is 50.4 Å². The van der Waals surface area contributed by atoms with Gasteiger partial charge in [0.2, 0.25) is 10.0 Å². The maximum atomic E-state index is 13.7. The fourth-order valence-electron chi connectivity index (χ4n) is 5.07. The Morgan fingerprint density at radius 2 is 1.78 bits per heavy atom. The van der Waals surface area contributed by atoms with E-state index in [2.05, 4.69) is 9.46 Å². The Labute approximate surface area is 292 Å². The number of sulfonamides is 1. The summed E-state index contributed by atoms with van der Waals surface area (Å²) in [7, 11) is -2.50. The van der Waals surface area contributed by atoms with Crippen LogP contribution in [-0.4, -0.2) is 78.2 Å². The summed E-state index contributed by atoms with van der Waals surface area (Å²) in [5.41, 5.74) is 0.602. The van der Waals surface area contributed by atoms with Crippen LogP contribution in [0.15, 0.2) is 48.8 Å². The summed E-state index contributed by atoms with van der Waals surface area (Å²) in [6.07, 6.45) is 2.81. The number of alkyl halides is 2. The first kappa shape index (κ1) is 36.6. The number of nitrogens with zero attached hydrogens (tertiary/aromatic N) is 2. The molecule has 1 aliphatic carbocycles. The highest BCUT2D eigenvalue weighted by atomic mass is 35.5. The summed E-state index contributed by atoms with van der Waals surface area (Å²) in [4.78, 5) is 15.7. The van der Waals surface area contributed by atoms with Crippen molar-refractivity contribution in [2.45, 2.75) is 32.0 Å². The van der Waals surface area contributed by atoms with Gasteiger partial charge in [-0.2, -0.15) is 13.5 Å². The number of benzene rings is 2. The number of ether oxygens (including phenoxy) is 5.